The van der Waals surface area contributed by atoms with Gasteiger partial charge in [-0.3, -0.25) is 9.59 Å². The number of aromatic nitrogens is 1. The van der Waals surface area contributed by atoms with Crippen LogP contribution in [0.15, 0.2) is 18.3 Å². The Balaban J connectivity index is 1.74. The number of likely N-dealkylation sites (tertiary alicyclic amines) is 2. The molecule has 6 nitrogen and oxygen atoms in total. The molecule has 3 rings (SSSR count). The van der Waals surface area contributed by atoms with Crippen molar-refractivity contribution in [3.05, 3.63) is 23.9 Å². The lowest BCUT2D eigenvalue weighted by Gasteiger charge is -2.48. The zero-order valence-electron chi connectivity index (χ0n) is 15.9. The van der Waals surface area contributed by atoms with E-state index in [9.17, 15) is 9.59 Å². The van der Waals surface area contributed by atoms with E-state index < -0.39 is 0 Å². The summed E-state index contributed by atoms with van der Waals surface area (Å²) in [5, 5.41) is 0. The van der Waals surface area contributed by atoms with Crippen LogP contribution < -0.4 is 4.74 Å². The number of rotatable bonds is 5. The fourth-order valence-electron chi connectivity index (χ4n) is 4.26. The molecule has 2 amide bonds. The number of amides is 2. The lowest BCUT2D eigenvalue weighted by Crippen LogP contribution is -2.55. The molecule has 0 N–H and O–H groups in total. The molecule has 0 saturated carbocycles. The van der Waals surface area contributed by atoms with Gasteiger partial charge in [-0.05, 0) is 37.8 Å². The van der Waals surface area contributed by atoms with Gasteiger partial charge >= 0.3 is 0 Å². The summed E-state index contributed by atoms with van der Waals surface area (Å²) in [6.45, 7) is 5.22. The van der Waals surface area contributed by atoms with Crippen molar-refractivity contribution < 1.29 is 14.3 Å². The van der Waals surface area contributed by atoms with Gasteiger partial charge in [-0.2, -0.15) is 0 Å². The van der Waals surface area contributed by atoms with Crippen LogP contribution in [0.5, 0.6) is 5.88 Å². The van der Waals surface area contributed by atoms with E-state index in [0.29, 0.717) is 24.4 Å². The maximum absolute atomic E-state index is 13.0. The fourth-order valence-corrected chi connectivity index (χ4v) is 4.26. The van der Waals surface area contributed by atoms with E-state index in [1.54, 1.807) is 18.3 Å². The van der Waals surface area contributed by atoms with E-state index >= 15 is 0 Å². The molecular weight excluding hydrogens is 330 g/mol. The van der Waals surface area contributed by atoms with Crippen molar-refractivity contribution in [2.75, 3.05) is 33.3 Å². The summed E-state index contributed by atoms with van der Waals surface area (Å²) < 4.78 is 5.26. The molecule has 6 heteroatoms. The molecule has 142 valence electrons. The van der Waals surface area contributed by atoms with E-state index in [2.05, 4.69) is 11.9 Å². The zero-order valence-corrected chi connectivity index (χ0v) is 15.9. The van der Waals surface area contributed by atoms with E-state index in [4.69, 9.17) is 4.74 Å². The van der Waals surface area contributed by atoms with Gasteiger partial charge in [0.2, 0.25) is 11.8 Å². The van der Waals surface area contributed by atoms with E-state index in [0.717, 1.165) is 51.7 Å². The molecule has 1 spiro atoms. The van der Waals surface area contributed by atoms with Crippen LogP contribution in [0.3, 0.4) is 0 Å². The van der Waals surface area contributed by atoms with Gasteiger partial charge in [0.05, 0.1) is 7.11 Å². The minimum absolute atomic E-state index is 0.0222. The Hall–Kier alpha value is -2.11. The first-order valence-electron chi connectivity index (χ1n) is 9.64. The molecule has 1 atom stereocenters. The van der Waals surface area contributed by atoms with Crippen LogP contribution in [0.25, 0.3) is 0 Å². The topological polar surface area (TPSA) is 62.7 Å². The highest BCUT2D eigenvalue weighted by Crippen LogP contribution is 2.39. The number of methoxy groups -OCH3 is 1. The van der Waals surface area contributed by atoms with Crippen molar-refractivity contribution >= 4 is 11.8 Å². The molecule has 2 fully saturated rings. The van der Waals surface area contributed by atoms with Crippen molar-refractivity contribution in [2.45, 2.75) is 45.4 Å². The number of pyridine rings is 1. The number of nitrogens with zero attached hydrogens (tertiary/aromatic N) is 3. The molecule has 0 radical (unpaired) electrons. The zero-order chi connectivity index (χ0) is 18.6. The lowest BCUT2D eigenvalue weighted by molar-refractivity contribution is -0.139. The molecule has 0 aromatic carbocycles. The number of ether oxygens (including phenoxy) is 1. The van der Waals surface area contributed by atoms with Crippen LogP contribution >= 0.6 is 0 Å². The number of carbonyl (C=O) groups excluding carboxylic acids is 2. The van der Waals surface area contributed by atoms with Crippen molar-refractivity contribution in [1.29, 1.82) is 0 Å². The quantitative estimate of drug-likeness (QED) is 0.811. The minimum Gasteiger partial charge on any atom is -0.480 e. The normalized spacial score (nSPS) is 23.4. The third kappa shape index (κ3) is 3.84. The Bertz CT molecular complexity index is 663. The maximum Gasteiger partial charge on any atom is 0.259 e. The SMILES string of the molecule is CCCCN1C[C@]2(CCCN(C(=O)c3cccnc3OC)C2)CCC1=O. The number of hydrogen-bond donors (Lipinski definition) is 0. The van der Waals surface area contributed by atoms with Crippen LogP contribution in [-0.4, -0.2) is 59.9 Å². The summed E-state index contributed by atoms with van der Waals surface area (Å²) in [4.78, 5) is 33.4. The largest absolute Gasteiger partial charge is 0.480 e. The van der Waals surface area contributed by atoms with Crippen molar-refractivity contribution in [2.24, 2.45) is 5.41 Å². The van der Waals surface area contributed by atoms with Gasteiger partial charge in [0.15, 0.2) is 0 Å². The molecule has 0 bridgehead atoms. The first-order valence-corrected chi connectivity index (χ1v) is 9.64. The van der Waals surface area contributed by atoms with E-state index in [-0.39, 0.29) is 17.2 Å². The Morgan fingerprint density at radius 2 is 2.19 bits per heavy atom. The molecule has 2 aliphatic rings. The summed E-state index contributed by atoms with van der Waals surface area (Å²) in [5.41, 5.74) is 0.548. The summed E-state index contributed by atoms with van der Waals surface area (Å²) in [6, 6.07) is 3.54. The van der Waals surface area contributed by atoms with Gasteiger partial charge in [-0.25, -0.2) is 4.98 Å². The Labute approximate surface area is 155 Å². The lowest BCUT2D eigenvalue weighted by atomic mass is 9.73. The summed E-state index contributed by atoms with van der Waals surface area (Å²) in [6.07, 6.45) is 7.29. The third-order valence-electron chi connectivity index (χ3n) is 5.67. The molecular formula is C20H29N3O3. The Morgan fingerprint density at radius 1 is 1.35 bits per heavy atom. The van der Waals surface area contributed by atoms with Gasteiger partial charge in [0.1, 0.15) is 5.56 Å². The second kappa shape index (κ2) is 8.06. The predicted octanol–water partition coefficient (Wildman–Crippen LogP) is 2.74. The Morgan fingerprint density at radius 3 is 2.96 bits per heavy atom. The highest BCUT2D eigenvalue weighted by atomic mass is 16.5. The molecule has 1 aromatic rings. The predicted molar refractivity (Wildman–Crippen MR) is 99.1 cm³/mol. The van der Waals surface area contributed by atoms with Gasteiger partial charge in [0, 0.05) is 44.2 Å². The van der Waals surface area contributed by atoms with Crippen LogP contribution in [-0.2, 0) is 4.79 Å². The number of unbranched alkanes of at least 4 members (excludes halogenated alkanes) is 1. The number of hydrogen-bond acceptors (Lipinski definition) is 4. The highest BCUT2D eigenvalue weighted by molar-refractivity contribution is 5.96. The smallest absolute Gasteiger partial charge is 0.259 e. The summed E-state index contributed by atoms with van der Waals surface area (Å²) >= 11 is 0. The second-order valence-corrected chi connectivity index (χ2v) is 7.56. The van der Waals surface area contributed by atoms with Gasteiger partial charge in [0.25, 0.3) is 5.91 Å². The van der Waals surface area contributed by atoms with E-state index in [1.165, 1.54) is 7.11 Å². The first kappa shape index (κ1) is 18.7. The van der Waals surface area contributed by atoms with Gasteiger partial charge < -0.3 is 14.5 Å². The molecule has 0 aliphatic carbocycles. The number of carbonyl (C=O) groups is 2. The minimum atomic E-state index is -0.0222. The highest BCUT2D eigenvalue weighted by Gasteiger charge is 2.42. The molecule has 26 heavy (non-hydrogen) atoms. The average Bonchev–Trinajstić information content (AvgIpc) is 2.68. The molecule has 3 heterocycles. The molecule has 1 aromatic heterocycles. The van der Waals surface area contributed by atoms with E-state index in [1.807, 2.05) is 9.80 Å². The first-order chi connectivity index (χ1) is 12.6. The molecule has 2 saturated heterocycles. The fraction of sp³-hybridized carbons (Fsp3) is 0.650. The third-order valence-corrected chi connectivity index (χ3v) is 5.67. The Kier molecular flexibility index (Phi) is 5.79. The maximum atomic E-state index is 13.0. The van der Waals surface area contributed by atoms with Crippen LogP contribution in [0.2, 0.25) is 0 Å². The van der Waals surface area contributed by atoms with Crippen LogP contribution in [0, 0.1) is 5.41 Å². The standard InChI is InChI=1S/C20H29N3O3/c1-3-4-12-22-14-20(10-8-17(22)24)9-6-13-23(15-20)19(25)16-7-5-11-21-18(16)26-2/h5,7,11H,3-4,6,8-10,12-15H2,1-2H3/t20-/m0/s1. The van der Waals surface area contributed by atoms with Gasteiger partial charge in [-0.1, -0.05) is 13.3 Å². The average molecular weight is 359 g/mol. The second-order valence-electron chi connectivity index (χ2n) is 7.56. The monoisotopic (exact) mass is 359 g/mol. The van der Waals surface area contributed by atoms with Crippen LogP contribution in [0.4, 0.5) is 0 Å². The van der Waals surface area contributed by atoms with Crippen molar-refractivity contribution in [1.82, 2.24) is 14.8 Å². The molecule has 2 aliphatic heterocycles. The summed E-state index contributed by atoms with van der Waals surface area (Å²) in [7, 11) is 1.54. The van der Waals surface area contributed by atoms with Crippen molar-refractivity contribution in [3.63, 3.8) is 0 Å². The number of piperidine rings is 2. The van der Waals surface area contributed by atoms with Gasteiger partial charge in [-0.15, -0.1) is 0 Å². The van der Waals surface area contributed by atoms with Crippen molar-refractivity contribution in [3.8, 4) is 5.88 Å². The molecule has 0 unspecified atom stereocenters. The summed E-state index contributed by atoms with van der Waals surface area (Å²) in [5.74, 6) is 0.619. The van der Waals surface area contributed by atoms with Crippen LogP contribution in [0.1, 0.15) is 55.8 Å².